The molecule has 10 rings (SSSR count). The SMILES string of the molecule is Cc1cccc2c1N1c3cc(N(c4ccc(-c5ccccc5)cc4)c4cc5ccccc5c5ccccc45)ccc3C(C)(C)c3cccc(c31)O2. The first kappa shape index (κ1) is 29.6. The number of aryl methyl sites for hydroxylation is 1. The van der Waals surface area contributed by atoms with Crippen molar-refractivity contribution in [3.05, 3.63) is 180 Å². The smallest absolute Gasteiger partial charge is 0.151 e. The summed E-state index contributed by atoms with van der Waals surface area (Å²) in [5.41, 5.74) is 12.6. The molecule has 8 aromatic carbocycles. The van der Waals surface area contributed by atoms with Crippen molar-refractivity contribution in [2.75, 3.05) is 9.80 Å². The molecule has 0 aromatic heterocycles. The van der Waals surface area contributed by atoms with Crippen LogP contribution in [0.25, 0.3) is 32.7 Å². The summed E-state index contributed by atoms with van der Waals surface area (Å²) in [5, 5.41) is 4.92. The van der Waals surface area contributed by atoms with Crippen molar-refractivity contribution in [1.29, 1.82) is 0 Å². The third-order valence-corrected chi connectivity index (χ3v) is 10.9. The second-order valence-electron chi connectivity index (χ2n) is 14.2. The number of anilines is 6. The lowest BCUT2D eigenvalue weighted by molar-refractivity contribution is 0.471. The van der Waals surface area contributed by atoms with E-state index in [2.05, 4.69) is 194 Å². The lowest BCUT2D eigenvalue weighted by Crippen LogP contribution is -2.32. The maximum Gasteiger partial charge on any atom is 0.151 e. The molecule has 3 nitrogen and oxygen atoms in total. The van der Waals surface area contributed by atoms with Crippen molar-refractivity contribution in [1.82, 2.24) is 0 Å². The summed E-state index contributed by atoms with van der Waals surface area (Å²) in [6.07, 6.45) is 0. The van der Waals surface area contributed by atoms with Gasteiger partial charge in [-0.2, -0.15) is 0 Å². The van der Waals surface area contributed by atoms with Crippen LogP contribution in [0, 0.1) is 6.92 Å². The standard InChI is InChI=1S/C48H36N2O/c1-31-13-11-21-44-46(31)50-43-30-36(27-28-40(43)48(2,3)41-20-12-22-45(51-44)47(41)50)49(35-25-23-33(24-26-35)32-14-5-4-6-15-32)42-29-34-16-7-8-17-37(34)38-18-9-10-19-39(38)42/h4-30H,1-3H3. The van der Waals surface area contributed by atoms with E-state index in [1.54, 1.807) is 0 Å². The number of hydrogen-bond acceptors (Lipinski definition) is 3. The van der Waals surface area contributed by atoms with Crippen molar-refractivity contribution in [2.45, 2.75) is 26.2 Å². The zero-order valence-corrected chi connectivity index (χ0v) is 28.9. The average Bonchev–Trinajstić information content (AvgIpc) is 3.17. The van der Waals surface area contributed by atoms with Gasteiger partial charge in [0.2, 0.25) is 0 Å². The molecule has 0 fully saturated rings. The highest BCUT2D eigenvalue weighted by Crippen LogP contribution is 2.61. The molecular weight excluding hydrogens is 621 g/mol. The summed E-state index contributed by atoms with van der Waals surface area (Å²) >= 11 is 0. The highest BCUT2D eigenvalue weighted by Gasteiger charge is 2.42. The van der Waals surface area contributed by atoms with Crippen LogP contribution in [0.4, 0.5) is 34.1 Å². The van der Waals surface area contributed by atoms with E-state index in [1.807, 2.05) is 0 Å². The van der Waals surface area contributed by atoms with Crippen LogP contribution in [0.1, 0.15) is 30.5 Å². The van der Waals surface area contributed by atoms with Crippen LogP contribution < -0.4 is 14.5 Å². The van der Waals surface area contributed by atoms with Crippen molar-refractivity contribution in [2.24, 2.45) is 0 Å². The van der Waals surface area contributed by atoms with Crippen LogP contribution in [0.15, 0.2) is 164 Å². The van der Waals surface area contributed by atoms with Crippen molar-refractivity contribution in [3.63, 3.8) is 0 Å². The summed E-state index contributed by atoms with van der Waals surface area (Å²) in [7, 11) is 0. The van der Waals surface area contributed by atoms with E-state index in [9.17, 15) is 0 Å². The first-order valence-electron chi connectivity index (χ1n) is 17.7. The number of ether oxygens (including phenoxy) is 1. The minimum atomic E-state index is -0.239. The number of nitrogens with zero attached hydrogens (tertiary/aromatic N) is 2. The molecule has 2 aliphatic rings. The molecule has 8 aromatic rings. The van der Waals surface area contributed by atoms with Gasteiger partial charge < -0.3 is 14.5 Å². The molecule has 2 aliphatic heterocycles. The fourth-order valence-corrected chi connectivity index (χ4v) is 8.41. The average molecular weight is 657 g/mol. The molecule has 2 heterocycles. The molecule has 0 spiro atoms. The highest BCUT2D eigenvalue weighted by atomic mass is 16.5. The van der Waals surface area contributed by atoms with E-state index in [0.717, 1.165) is 39.9 Å². The van der Waals surface area contributed by atoms with Crippen LogP contribution in [0.5, 0.6) is 11.5 Å². The zero-order chi connectivity index (χ0) is 34.3. The third-order valence-electron chi connectivity index (χ3n) is 10.9. The molecule has 51 heavy (non-hydrogen) atoms. The van der Waals surface area contributed by atoms with Gasteiger partial charge in [0.1, 0.15) is 0 Å². The number of hydrogen-bond donors (Lipinski definition) is 0. The van der Waals surface area contributed by atoms with E-state index in [4.69, 9.17) is 4.74 Å². The number of benzene rings is 8. The van der Waals surface area contributed by atoms with Gasteiger partial charge in [-0.05, 0) is 93.4 Å². The molecule has 0 unspecified atom stereocenters. The van der Waals surface area contributed by atoms with Crippen molar-refractivity contribution < 1.29 is 4.74 Å². The highest BCUT2D eigenvalue weighted by molar-refractivity contribution is 6.14. The molecule has 0 N–H and O–H groups in total. The van der Waals surface area contributed by atoms with Gasteiger partial charge in [-0.3, -0.25) is 0 Å². The number of rotatable bonds is 4. The molecule has 0 saturated carbocycles. The normalized spacial score (nSPS) is 13.7. The van der Waals surface area contributed by atoms with Crippen LogP contribution in [0.2, 0.25) is 0 Å². The Morgan fingerprint density at radius 2 is 1.16 bits per heavy atom. The molecule has 0 saturated heterocycles. The topological polar surface area (TPSA) is 15.7 Å². The molecule has 3 heteroatoms. The summed E-state index contributed by atoms with van der Waals surface area (Å²) in [4.78, 5) is 4.90. The van der Waals surface area contributed by atoms with Crippen molar-refractivity contribution >= 4 is 55.7 Å². The first-order valence-corrected chi connectivity index (χ1v) is 17.7. The fourth-order valence-electron chi connectivity index (χ4n) is 8.41. The van der Waals surface area contributed by atoms with Gasteiger partial charge >= 0.3 is 0 Å². The minimum absolute atomic E-state index is 0.239. The first-order chi connectivity index (χ1) is 25.0. The molecule has 0 bridgehead atoms. The van der Waals surface area contributed by atoms with Gasteiger partial charge in [0.15, 0.2) is 11.5 Å². The molecule has 0 atom stereocenters. The number of fused-ring (bicyclic) bond motifs is 7. The molecule has 0 aliphatic carbocycles. The van der Waals surface area contributed by atoms with Crippen LogP contribution in [0.3, 0.4) is 0 Å². The second kappa shape index (κ2) is 11.1. The third kappa shape index (κ3) is 4.44. The summed E-state index contributed by atoms with van der Waals surface area (Å²) in [5.74, 6) is 1.77. The lowest BCUT2D eigenvalue weighted by atomic mass is 9.73. The zero-order valence-electron chi connectivity index (χ0n) is 28.9. The largest absolute Gasteiger partial charge is 0.453 e. The van der Waals surface area contributed by atoms with Gasteiger partial charge in [0.25, 0.3) is 0 Å². The Balaban J connectivity index is 1.24. The molecular formula is C48H36N2O. The van der Waals surface area contributed by atoms with E-state index in [-0.39, 0.29) is 5.41 Å². The molecule has 244 valence electrons. The van der Waals surface area contributed by atoms with E-state index < -0.39 is 0 Å². The Morgan fingerprint density at radius 1 is 0.510 bits per heavy atom. The molecule has 0 radical (unpaired) electrons. The van der Waals surface area contributed by atoms with Gasteiger partial charge in [-0.15, -0.1) is 0 Å². The predicted molar refractivity (Wildman–Crippen MR) is 213 cm³/mol. The van der Waals surface area contributed by atoms with Crippen LogP contribution >= 0.6 is 0 Å². The predicted octanol–water partition coefficient (Wildman–Crippen LogP) is 13.7. The maximum atomic E-state index is 6.61. The molecule has 0 amide bonds. The van der Waals surface area contributed by atoms with E-state index in [1.165, 1.54) is 55.0 Å². The van der Waals surface area contributed by atoms with E-state index >= 15 is 0 Å². The summed E-state index contributed by atoms with van der Waals surface area (Å²) in [6.45, 7) is 6.85. The Bertz CT molecular complexity index is 2660. The van der Waals surface area contributed by atoms with Gasteiger partial charge in [0.05, 0.1) is 22.7 Å². The Morgan fingerprint density at radius 3 is 1.96 bits per heavy atom. The monoisotopic (exact) mass is 656 g/mol. The lowest BCUT2D eigenvalue weighted by Gasteiger charge is -2.45. The summed E-state index contributed by atoms with van der Waals surface area (Å²) in [6, 6.07) is 59.4. The van der Waals surface area contributed by atoms with Gasteiger partial charge in [-0.25, -0.2) is 0 Å². The van der Waals surface area contributed by atoms with Gasteiger partial charge in [-0.1, -0.05) is 135 Å². The second-order valence-corrected chi connectivity index (χ2v) is 14.2. The Labute approximate surface area is 298 Å². The van der Waals surface area contributed by atoms with Crippen LogP contribution in [-0.4, -0.2) is 0 Å². The fraction of sp³-hybridized carbons (Fsp3) is 0.0833. The van der Waals surface area contributed by atoms with E-state index in [0.29, 0.717) is 0 Å². The summed E-state index contributed by atoms with van der Waals surface area (Å²) < 4.78 is 6.61. The number of para-hydroxylation sites is 2. The Hall–Kier alpha value is -6.32. The van der Waals surface area contributed by atoms with Crippen molar-refractivity contribution in [3.8, 4) is 22.6 Å². The Kier molecular flexibility index (Phi) is 6.44. The minimum Gasteiger partial charge on any atom is -0.453 e. The van der Waals surface area contributed by atoms with Gasteiger partial charge in [0, 0.05) is 22.2 Å². The van der Waals surface area contributed by atoms with Crippen LogP contribution in [-0.2, 0) is 5.41 Å². The quantitative estimate of drug-likeness (QED) is 0.175. The maximum absolute atomic E-state index is 6.61.